The summed E-state index contributed by atoms with van der Waals surface area (Å²) in [5, 5.41) is 13.0. The van der Waals surface area contributed by atoms with Crippen LogP contribution in [0.5, 0.6) is 0 Å². The highest BCUT2D eigenvalue weighted by molar-refractivity contribution is 5.51. The van der Waals surface area contributed by atoms with Crippen LogP contribution in [-0.2, 0) is 0 Å². The first-order valence-electron chi connectivity index (χ1n) is 4.87. The van der Waals surface area contributed by atoms with Crippen molar-refractivity contribution in [3.05, 3.63) is 54.5 Å². The molecule has 1 aliphatic rings. The third-order valence-corrected chi connectivity index (χ3v) is 2.20. The Morgan fingerprint density at radius 2 is 2.27 bits per heavy atom. The van der Waals surface area contributed by atoms with Gasteiger partial charge in [-0.05, 0) is 37.3 Å². The molecule has 0 aliphatic heterocycles. The molecule has 1 unspecified atom stereocenters. The maximum atomic E-state index is 9.76. The van der Waals surface area contributed by atoms with E-state index in [0.29, 0.717) is 0 Å². The standard InChI is InChI=1S/C12H14N2O/c1-12(15)6-2-3-10(4-7-12)14-11-5-8-13-9-11/h2-9,13-15H,1H3. The van der Waals surface area contributed by atoms with Crippen LogP contribution in [0.4, 0.5) is 5.69 Å². The molecule has 0 radical (unpaired) electrons. The zero-order valence-electron chi connectivity index (χ0n) is 8.57. The van der Waals surface area contributed by atoms with Gasteiger partial charge >= 0.3 is 0 Å². The second kappa shape index (κ2) is 3.79. The molecule has 15 heavy (non-hydrogen) atoms. The molecule has 78 valence electrons. The Bertz CT molecular complexity index is 411. The summed E-state index contributed by atoms with van der Waals surface area (Å²) in [7, 11) is 0. The topological polar surface area (TPSA) is 48.0 Å². The van der Waals surface area contributed by atoms with Gasteiger partial charge in [0.25, 0.3) is 0 Å². The van der Waals surface area contributed by atoms with Gasteiger partial charge in [-0.2, -0.15) is 0 Å². The van der Waals surface area contributed by atoms with Gasteiger partial charge in [0.05, 0.1) is 11.3 Å². The zero-order valence-corrected chi connectivity index (χ0v) is 8.57. The molecule has 1 aliphatic carbocycles. The summed E-state index contributed by atoms with van der Waals surface area (Å²) in [6.07, 6.45) is 12.9. The van der Waals surface area contributed by atoms with E-state index >= 15 is 0 Å². The molecular weight excluding hydrogens is 188 g/mol. The fraction of sp³-hybridized carbons (Fsp3) is 0.167. The average Bonchev–Trinajstić information content (AvgIpc) is 2.60. The van der Waals surface area contributed by atoms with Crippen molar-refractivity contribution in [2.75, 3.05) is 5.32 Å². The van der Waals surface area contributed by atoms with Crippen LogP contribution in [0.1, 0.15) is 6.92 Å². The fourth-order valence-corrected chi connectivity index (χ4v) is 1.37. The van der Waals surface area contributed by atoms with Crippen LogP contribution in [0.25, 0.3) is 0 Å². The van der Waals surface area contributed by atoms with Gasteiger partial charge < -0.3 is 15.4 Å². The summed E-state index contributed by atoms with van der Waals surface area (Å²) in [5.41, 5.74) is 1.09. The summed E-state index contributed by atoms with van der Waals surface area (Å²) < 4.78 is 0. The Balaban J connectivity index is 2.12. The Morgan fingerprint density at radius 1 is 1.40 bits per heavy atom. The van der Waals surface area contributed by atoms with Gasteiger partial charge in [-0.3, -0.25) is 0 Å². The van der Waals surface area contributed by atoms with Crippen LogP contribution in [-0.4, -0.2) is 15.7 Å². The maximum Gasteiger partial charge on any atom is 0.0987 e. The Morgan fingerprint density at radius 3 is 3.00 bits per heavy atom. The monoisotopic (exact) mass is 202 g/mol. The van der Waals surface area contributed by atoms with Gasteiger partial charge in [0.2, 0.25) is 0 Å². The number of rotatable bonds is 2. The van der Waals surface area contributed by atoms with E-state index in [1.807, 2.05) is 36.7 Å². The van der Waals surface area contributed by atoms with E-state index in [1.165, 1.54) is 0 Å². The van der Waals surface area contributed by atoms with E-state index < -0.39 is 5.60 Å². The van der Waals surface area contributed by atoms with E-state index in [-0.39, 0.29) is 0 Å². The van der Waals surface area contributed by atoms with Gasteiger partial charge in [-0.25, -0.2) is 0 Å². The minimum atomic E-state index is -0.863. The van der Waals surface area contributed by atoms with Crippen molar-refractivity contribution < 1.29 is 5.11 Å². The molecule has 1 aromatic rings. The molecule has 0 fully saturated rings. The lowest BCUT2D eigenvalue weighted by molar-refractivity contribution is 0.164. The van der Waals surface area contributed by atoms with Crippen molar-refractivity contribution in [2.24, 2.45) is 0 Å². The quantitative estimate of drug-likeness (QED) is 0.688. The number of hydrogen-bond donors (Lipinski definition) is 3. The van der Waals surface area contributed by atoms with Crippen molar-refractivity contribution in [1.82, 2.24) is 4.98 Å². The van der Waals surface area contributed by atoms with Crippen LogP contribution in [0.15, 0.2) is 54.5 Å². The second-order valence-electron chi connectivity index (χ2n) is 3.76. The highest BCUT2D eigenvalue weighted by Crippen LogP contribution is 2.16. The molecular formula is C12H14N2O. The Hall–Kier alpha value is -1.74. The number of aliphatic hydroxyl groups is 1. The third kappa shape index (κ3) is 2.60. The van der Waals surface area contributed by atoms with Gasteiger partial charge in [-0.15, -0.1) is 0 Å². The van der Waals surface area contributed by atoms with E-state index in [0.717, 1.165) is 11.4 Å². The number of aromatic amines is 1. The normalized spacial score (nSPS) is 24.8. The Labute approximate surface area is 88.8 Å². The van der Waals surface area contributed by atoms with Crippen molar-refractivity contribution in [3.8, 4) is 0 Å². The summed E-state index contributed by atoms with van der Waals surface area (Å²) in [5.74, 6) is 0. The number of aromatic nitrogens is 1. The Kier molecular flexibility index (Phi) is 2.47. The fourth-order valence-electron chi connectivity index (χ4n) is 1.37. The molecule has 0 saturated carbocycles. The lowest BCUT2D eigenvalue weighted by Gasteiger charge is -2.11. The minimum Gasteiger partial charge on any atom is -0.382 e. The highest BCUT2D eigenvalue weighted by atomic mass is 16.3. The second-order valence-corrected chi connectivity index (χ2v) is 3.76. The molecule has 1 aromatic heterocycles. The first kappa shape index (κ1) is 9.80. The van der Waals surface area contributed by atoms with Gasteiger partial charge in [0, 0.05) is 18.1 Å². The lowest BCUT2D eigenvalue weighted by Crippen LogP contribution is -2.15. The SMILES string of the molecule is CC1(O)C=CC=C(Nc2cc[nH]c2)C=C1. The molecule has 1 atom stereocenters. The molecule has 0 bridgehead atoms. The molecule has 0 saturated heterocycles. The maximum absolute atomic E-state index is 9.76. The van der Waals surface area contributed by atoms with Crippen molar-refractivity contribution in [2.45, 2.75) is 12.5 Å². The molecule has 0 amide bonds. The van der Waals surface area contributed by atoms with Crippen LogP contribution >= 0.6 is 0 Å². The molecule has 3 nitrogen and oxygen atoms in total. The zero-order chi connectivity index (χ0) is 10.7. The van der Waals surface area contributed by atoms with Crippen molar-refractivity contribution >= 4 is 5.69 Å². The number of allylic oxidation sites excluding steroid dienone is 3. The molecule has 0 spiro atoms. The number of nitrogens with one attached hydrogen (secondary N) is 2. The summed E-state index contributed by atoms with van der Waals surface area (Å²) in [6.45, 7) is 1.74. The van der Waals surface area contributed by atoms with E-state index in [9.17, 15) is 5.11 Å². The third-order valence-electron chi connectivity index (χ3n) is 2.20. The largest absolute Gasteiger partial charge is 0.382 e. The van der Waals surface area contributed by atoms with Crippen molar-refractivity contribution in [3.63, 3.8) is 0 Å². The number of hydrogen-bond acceptors (Lipinski definition) is 2. The lowest BCUT2D eigenvalue weighted by atomic mass is 10.1. The minimum absolute atomic E-state index is 0.863. The van der Waals surface area contributed by atoms with Crippen LogP contribution in [0, 0.1) is 0 Å². The molecule has 3 heteroatoms. The first-order chi connectivity index (χ1) is 7.16. The first-order valence-corrected chi connectivity index (χ1v) is 4.87. The molecule has 2 rings (SSSR count). The number of anilines is 1. The highest BCUT2D eigenvalue weighted by Gasteiger charge is 2.12. The average molecular weight is 202 g/mol. The predicted molar refractivity (Wildman–Crippen MR) is 61.4 cm³/mol. The molecule has 1 heterocycles. The van der Waals surface area contributed by atoms with Crippen LogP contribution in [0.3, 0.4) is 0 Å². The molecule has 3 N–H and O–H groups in total. The van der Waals surface area contributed by atoms with E-state index in [4.69, 9.17) is 0 Å². The number of H-pyrrole nitrogens is 1. The van der Waals surface area contributed by atoms with Crippen LogP contribution in [0.2, 0.25) is 0 Å². The van der Waals surface area contributed by atoms with Gasteiger partial charge in [-0.1, -0.05) is 6.08 Å². The van der Waals surface area contributed by atoms with E-state index in [2.05, 4.69) is 10.3 Å². The summed E-state index contributed by atoms with van der Waals surface area (Å²) in [4.78, 5) is 2.97. The predicted octanol–water partition coefficient (Wildman–Crippen LogP) is 2.19. The van der Waals surface area contributed by atoms with Crippen molar-refractivity contribution in [1.29, 1.82) is 0 Å². The van der Waals surface area contributed by atoms with Gasteiger partial charge in [0.1, 0.15) is 0 Å². The van der Waals surface area contributed by atoms with Gasteiger partial charge in [0.15, 0.2) is 0 Å². The van der Waals surface area contributed by atoms with E-state index in [1.54, 1.807) is 19.1 Å². The summed E-state index contributed by atoms with van der Waals surface area (Å²) >= 11 is 0. The smallest absolute Gasteiger partial charge is 0.0987 e. The van der Waals surface area contributed by atoms with Crippen LogP contribution < -0.4 is 5.32 Å². The molecule has 0 aromatic carbocycles. The summed E-state index contributed by atoms with van der Waals surface area (Å²) in [6, 6.07) is 1.95.